The molecule has 7 heteroatoms. The van der Waals surface area contributed by atoms with Gasteiger partial charge in [-0.1, -0.05) is 6.07 Å². The highest BCUT2D eigenvalue weighted by Gasteiger charge is 2.25. The summed E-state index contributed by atoms with van der Waals surface area (Å²) >= 11 is 1.65. The predicted octanol–water partition coefficient (Wildman–Crippen LogP) is 2.67. The zero-order chi connectivity index (χ0) is 16.7. The molecule has 0 spiro atoms. The molecule has 0 saturated carbocycles. The Bertz CT molecular complexity index is 900. The quantitative estimate of drug-likeness (QED) is 0.720. The average Bonchev–Trinajstić information content (AvgIpc) is 3.24. The van der Waals surface area contributed by atoms with E-state index >= 15 is 0 Å². The largest absolute Gasteiger partial charge is 0.329 e. The minimum absolute atomic E-state index is 0.00429. The van der Waals surface area contributed by atoms with Crippen LogP contribution in [0.25, 0.3) is 10.6 Å². The summed E-state index contributed by atoms with van der Waals surface area (Å²) in [6, 6.07) is 7.84. The monoisotopic (exact) mass is 339 g/mol. The summed E-state index contributed by atoms with van der Waals surface area (Å²) < 4.78 is 2.06. The topological polar surface area (TPSA) is 63.9 Å². The summed E-state index contributed by atoms with van der Waals surface area (Å²) in [6.45, 7) is 5.72. The summed E-state index contributed by atoms with van der Waals surface area (Å²) in [5.74, 6) is 1.74. The number of carbonyl (C=O) groups is 1. The Morgan fingerprint density at radius 2 is 2.04 bits per heavy atom. The number of pyridine rings is 1. The standard InChI is InChI=1S/C17H17N5OS/c1-11-13(5-6-14(18-11)15-4-3-9-24-15)17(23)21-7-8-22-12(2)19-20-16(22)10-21/h3-6,9H,7-8,10H2,1-2H3. The fourth-order valence-electron chi connectivity index (χ4n) is 3.00. The van der Waals surface area contributed by atoms with Crippen LogP contribution in [-0.2, 0) is 13.1 Å². The van der Waals surface area contributed by atoms with Crippen molar-refractivity contribution in [3.8, 4) is 10.6 Å². The van der Waals surface area contributed by atoms with Gasteiger partial charge in [0.25, 0.3) is 5.91 Å². The molecule has 6 nitrogen and oxygen atoms in total. The van der Waals surface area contributed by atoms with E-state index < -0.39 is 0 Å². The van der Waals surface area contributed by atoms with Crippen molar-refractivity contribution in [2.45, 2.75) is 26.9 Å². The van der Waals surface area contributed by atoms with E-state index in [-0.39, 0.29) is 5.91 Å². The lowest BCUT2D eigenvalue weighted by atomic mass is 10.1. The van der Waals surface area contributed by atoms with E-state index in [2.05, 4.69) is 19.7 Å². The number of hydrogen-bond acceptors (Lipinski definition) is 5. The number of hydrogen-bond donors (Lipinski definition) is 0. The van der Waals surface area contributed by atoms with Gasteiger partial charge in [0.05, 0.1) is 28.4 Å². The fourth-order valence-corrected chi connectivity index (χ4v) is 3.69. The van der Waals surface area contributed by atoms with Gasteiger partial charge in [0.15, 0.2) is 5.82 Å². The molecule has 122 valence electrons. The molecular formula is C17H17N5OS. The van der Waals surface area contributed by atoms with Crippen LogP contribution in [0, 0.1) is 13.8 Å². The van der Waals surface area contributed by atoms with Gasteiger partial charge in [-0.15, -0.1) is 21.5 Å². The molecule has 3 aromatic rings. The number of nitrogens with zero attached hydrogens (tertiary/aromatic N) is 5. The van der Waals surface area contributed by atoms with Crippen LogP contribution in [0.15, 0.2) is 29.6 Å². The lowest BCUT2D eigenvalue weighted by molar-refractivity contribution is 0.0705. The summed E-state index contributed by atoms with van der Waals surface area (Å²) in [4.78, 5) is 20.4. The molecule has 0 aromatic carbocycles. The third-order valence-corrected chi connectivity index (χ3v) is 5.21. The van der Waals surface area contributed by atoms with E-state index in [9.17, 15) is 4.79 Å². The third-order valence-electron chi connectivity index (χ3n) is 4.32. The third kappa shape index (κ3) is 2.50. The average molecular weight is 339 g/mol. The van der Waals surface area contributed by atoms with Gasteiger partial charge in [-0.3, -0.25) is 9.78 Å². The lowest BCUT2D eigenvalue weighted by Gasteiger charge is -2.28. The first kappa shape index (κ1) is 15.0. The van der Waals surface area contributed by atoms with Crippen LogP contribution in [0.5, 0.6) is 0 Å². The van der Waals surface area contributed by atoms with Gasteiger partial charge in [0.1, 0.15) is 5.82 Å². The van der Waals surface area contributed by atoms with Gasteiger partial charge in [-0.05, 0) is 37.4 Å². The van der Waals surface area contributed by atoms with Crippen molar-refractivity contribution in [2.24, 2.45) is 0 Å². The van der Waals surface area contributed by atoms with Crippen LogP contribution in [0.2, 0.25) is 0 Å². The van der Waals surface area contributed by atoms with Crippen molar-refractivity contribution in [1.82, 2.24) is 24.6 Å². The van der Waals surface area contributed by atoms with Crippen LogP contribution in [-0.4, -0.2) is 37.1 Å². The first-order chi connectivity index (χ1) is 11.6. The molecule has 1 amide bonds. The Kier molecular flexibility index (Phi) is 3.65. The molecule has 4 rings (SSSR count). The second kappa shape index (κ2) is 5.83. The fraction of sp³-hybridized carbons (Fsp3) is 0.294. The zero-order valence-electron chi connectivity index (χ0n) is 13.6. The molecule has 0 N–H and O–H groups in total. The van der Waals surface area contributed by atoms with Crippen molar-refractivity contribution in [2.75, 3.05) is 6.54 Å². The summed E-state index contributed by atoms with van der Waals surface area (Å²) in [5, 5.41) is 10.3. The molecule has 1 aliphatic rings. The molecule has 24 heavy (non-hydrogen) atoms. The molecular weight excluding hydrogens is 322 g/mol. The molecule has 1 aliphatic heterocycles. The first-order valence-electron chi connectivity index (χ1n) is 7.83. The van der Waals surface area contributed by atoms with E-state index in [1.54, 1.807) is 11.3 Å². The summed E-state index contributed by atoms with van der Waals surface area (Å²) in [5.41, 5.74) is 2.32. The van der Waals surface area contributed by atoms with Crippen LogP contribution in [0.3, 0.4) is 0 Å². The predicted molar refractivity (Wildman–Crippen MR) is 91.8 cm³/mol. The number of thiophene rings is 1. The summed E-state index contributed by atoms with van der Waals surface area (Å²) in [7, 11) is 0. The number of rotatable bonds is 2. The van der Waals surface area contributed by atoms with Crippen molar-refractivity contribution >= 4 is 17.2 Å². The normalized spacial score (nSPS) is 13.8. The van der Waals surface area contributed by atoms with Crippen LogP contribution in [0.1, 0.15) is 27.7 Å². The number of aryl methyl sites for hydroxylation is 2. The number of carbonyl (C=O) groups excluding carboxylic acids is 1. The Morgan fingerprint density at radius 1 is 1.17 bits per heavy atom. The Labute approximate surface area is 143 Å². The van der Waals surface area contributed by atoms with Crippen molar-refractivity contribution in [3.05, 3.63) is 52.6 Å². The summed E-state index contributed by atoms with van der Waals surface area (Å²) in [6.07, 6.45) is 0. The molecule has 3 aromatic heterocycles. The van der Waals surface area contributed by atoms with E-state index in [0.29, 0.717) is 18.7 Å². The van der Waals surface area contributed by atoms with Crippen molar-refractivity contribution in [3.63, 3.8) is 0 Å². The maximum atomic E-state index is 12.9. The molecule has 0 unspecified atom stereocenters. The van der Waals surface area contributed by atoms with Gasteiger partial charge in [0.2, 0.25) is 0 Å². The number of amides is 1. The highest BCUT2D eigenvalue weighted by Crippen LogP contribution is 2.24. The van der Waals surface area contributed by atoms with Gasteiger partial charge in [0, 0.05) is 13.1 Å². The van der Waals surface area contributed by atoms with Gasteiger partial charge in [-0.25, -0.2) is 0 Å². The van der Waals surface area contributed by atoms with Crippen molar-refractivity contribution in [1.29, 1.82) is 0 Å². The minimum Gasteiger partial charge on any atom is -0.329 e. The van der Waals surface area contributed by atoms with Crippen LogP contribution < -0.4 is 0 Å². The second-order valence-corrected chi connectivity index (χ2v) is 6.80. The molecule has 0 fully saturated rings. The van der Waals surface area contributed by atoms with E-state index in [4.69, 9.17) is 0 Å². The van der Waals surface area contributed by atoms with E-state index in [0.717, 1.165) is 34.5 Å². The highest BCUT2D eigenvalue weighted by molar-refractivity contribution is 7.13. The van der Waals surface area contributed by atoms with Gasteiger partial charge < -0.3 is 9.47 Å². The molecule has 0 bridgehead atoms. The van der Waals surface area contributed by atoms with Crippen LogP contribution >= 0.6 is 11.3 Å². The SMILES string of the molecule is Cc1nc(-c2cccs2)ccc1C(=O)N1CCn2c(C)nnc2C1. The Balaban J connectivity index is 1.59. The Morgan fingerprint density at radius 3 is 2.79 bits per heavy atom. The first-order valence-corrected chi connectivity index (χ1v) is 8.71. The lowest BCUT2D eigenvalue weighted by Crippen LogP contribution is -2.39. The molecule has 0 atom stereocenters. The Hall–Kier alpha value is -2.54. The number of aromatic nitrogens is 4. The second-order valence-electron chi connectivity index (χ2n) is 5.85. The minimum atomic E-state index is 0.00429. The highest BCUT2D eigenvalue weighted by atomic mass is 32.1. The van der Waals surface area contributed by atoms with E-state index in [1.165, 1.54) is 0 Å². The smallest absolute Gasteiger partial charge is 0.256 e. The molecule has 0 aliphatic carbocycles. The zero-order valence-corrected chi connectivity index (χ0v) is 14.4. The van der Waals surface area contributed by atoms with Gasteiger partial charge in [-0.2, -0.15) is 0 Å². The number of fused-ring (bicyclic) bond motifs is 1. The maximum absolute atomic E-state index is 12.9. The molecule has 0 saturated heterocycles. The van der Waals surface area contributed by atoms with E-state index in [1.807, 2.05) is 48.4 Å². The molecule has 4 heterocycles. The van der Waals surface area contributed by atoms with Crippen LogP contribution in [0.4, 0.5) is 0 Å². The maximum Gasteiger partial charge on any atom is 0.256 e. The van der Waals surface area contributed by atoms with Gasteiger partial charge >= 0.3 is 0 Å². The molecule has 0 radical (unpaired) electrons. The van der Waals surface area contributed by atoms with Crippen molar-refractivity contribution < 1.29 is 4.79 Å².